The number of nitrogen functional groups attached to an aromatic ring is 1. The number of anilines is 2. The smallest absolute Gasteiger partial charge is 0.224 e. The molecule has 0 saturated heterocycles. The Morgan fingerprint density at radius 3 is 2.71 bits per heavy atom. The van der Waals surface area contributed by atoms with E-state index in [9.17, 15) is 4.79 Å². The number of benzene rings is 2. The molecule has 0 unspecified atom stereocenters. The van der Waals surface area contributed by atoms with Crippen LogP contribution >= 0.6 is 0 Å². The zero-order valence-electron chi connectivity index (χ0n) is 12.2. The molecule has 4 heteroatoms. The highest BCUT2D eigenvalue weighted by Gasteiger charge is 2.17. The van der Waals surface area contributed by atoms with E-state index in [0.717, 1.165) is 34.5 Å². The summed E-state index contributed by atoms with van der Waals surface area (Å²) in [5, 5.41) is 2.86. The van der Waals surface area contributed by atoms with E-state index in [4.69, 9.17) is 10.5 Å². The van der Waals surface area contributed by atoms with Crippen LogP contribution in [0, 0.1) is 13.8 Å². The third kappa shape index (κ3) is 2.70. The largest absolute Gasteiger partial charge is 0.455 e. The average Bonchev–Trinajstić information content (AvgIpc) is 2.44. The summed E-state index contributed by atoms with van der Waals surface area (Å²) in [4.78, 5) is 11.5. The molecule has 21 heavy (non-hydrogen) atoms. The molecular formula is C17H18N2O2. The van der Waals surface area contributed by atoms with Crippen LogP contribution in [0.5, 0.6) is 11.5 Å². The number of hydrogen-bond donors (Lipinski definition) is 2. The minimum atomic E-state index is 0.0324. The molecule has 108 valence electrons. The molecule has 1 aliphatic rings. The van der Waals surface area contributed by atoms with Crippen LogP contribution in [0.15, 0.2) is 30.3 Å². The van der Waals surface area contributed by atoms with Crippen LogP contribution in [0.1, 0.15) is 23.1 Å². The Morgan fingerprint density at radius 2 is 1.90 bits per heavy atom. The number of nitrogens with one attached hydrogen (secondary N) is 1. The molecule has 0 fully saturated rings. The zero-order valence-corrected chi connectivity index (χ0v) is 12.2. The fourth-order valence-electron chi connectivity index (χ4n) is 2.45. The van der Waals surface area contributed by atoms with Crippen molar-refractivity contribution in [1.82, 2.24) is 0 Å². The molecule has 0 spiro atoms. The lowest BCUT2D eigenvalue weighted by atomic mass is 10.0. The molecule has 0 saturated carbocycles. The van der Waals surface area contributed by atoms with Crippen molar-refractivity contribution in [3.63, 3.8) is 0 Å². The van der Waals surface area contributed by atoms with Crippen molar-refractivity contribution in [2.75, 3.05) is 11.1 Å². The molecule has 0 aliphatic carbocycles. The van der Waals surface area contributed by atoms with Crippen molar-refractivity contribution in [2.24, 2.45) is 0 Å². The normalized spacial score (nSPS) is 13.5. The molecule has 2 aromatic carbocycles. The number of fused-ring (bicyclic) bond motifs is 1. The predicted molar refractivity (Wildman–Crippen MR) is 83.8 cm³/mol. The lowest BCUT2D eigenvalue weighted by Crippen LogP contribution is -2.19. The zero-order chi connectivity index (χ0) is 15.0. The number of nitrogens with two attached hydrogens (primary N) is 1. The second-order valence-electron chi connectivity index (χ2n) is 5.47. The lowest BCUT2D eigenvalue weighted by molar-refractivity contribution is -0.116. The lowest BCUT2D eigenvalue weighted by Gasteiger charge is -2.19. The quantitative estimate of drug-likeness (QED) is 0.828. The number of amides is 1. The topological polar surface area (TPSA) is 64.3 Å². The second-order valence-corrected chi connectivity index (χ2v) is 5.47. The molecule has 1 aliphatic heterocycles. The highest BCUT2D eigenvalue weighted by Crippen LogP contribution is 2.36. The van der Waals surface area contributed by atoms with E-state index < -0.39 is 0 Å². The van der Waals surface area contributed by atoms with Crippen LogP contribution < -0.4 is 15.8 Å². The fourth-order valence-corrected chi connectivity index (χ4v) is 2.45. The Kier molecular flexibility index (Phi) is 3.29. The third-order valence-electron chi connectivity index (χ3n) is 3.69. The number of aryl methyl sites for hydroxylation is 3. The summed E-state index contributed by atoms with van der Waals surface area (Å²) in [5.41, 5.74) is 10.7. The first-order valence-electron chi connectivity index (χ1n) is 7.00. The van der Waals surface area contributed by atoms with Crippen molar-refractivity contribution in [1.29, 1.82) is 0 Å². The monoisotopic (exact) mass is 282 g/mol. The Balaban J connectivity index is 1.97. The number of carbonyl (C=O) groups is 1. The van der Waals surface area contributed by atoms with Gasteiger partial charge in [-0.3, -0.25) is 4.79 Å². The Labute approximate surface area is 123 Å². The van der Waals surface area contributed by atoms with Gasteiger partial charge in [0.25, 0.3) is 0 Å². The molecule has 3 rings (SSSR count). The van der Waals surface area contributed by atoms with Gasteiger partial charge in [0.05, 0.1) is 5.69 Å². The van der Waals surface area contributed by atoms with Crippen LogP contribution in [0.2, 0.25) is 0 Å². The summed E-state index contributed by atoms with van der Waals surface area (Å²) in [6.45, 7) is 4.01. The molecule has 1 amide bonds. The van der Waals surface area contributed by atoms with Gasteiger partial charge in [-0.05, 0) is 49.1 Å². The highest BCUT2D eigenvalue weighted by molar-refractivity contribution is 5.94. The first kappa shape index (κ1) is 13.5. The maximum absolute atomic E-state index is 11.5. The van der Waals surface area contributed by atoms with E-state index in [2.05, 4.69) is 5.32 Å². The van der Waals surface area contributed by atoms with E-state index in [-0.39, 0.29) is 5.91 Å². The van der Waals surface area contributed by atoms with Gasteiger partial charge in [-0.25, -0.2) is 0 Å². The molecular weight excluding hydrogens is 264 g/mol. The number of rotatable bonds is 2. The molecule has 0 atom stereocenters. The summed E-state index contributed by atoms with van der Waals surface area (Å²) >= 11 is 0. The van der Waals surface area contributed by atoms with Gasteiger partial charge in [-0.1, -0.05) is 12.1 Å². The van der Waals surface area contributed by atoms with Gasteiger partial charge in [0.1, 0.15) is 5.75 Å². The number of carbonyl (C=O) groups excluding carboxylic acids is 1. The van der Waals surface area contributed by atoms with Crippen LogP contribution in [-0.4, -0.2) is 5.91 Å². The van der Waals surface area contributed by atoms with Crippen molar-refractivity contribution in [2.45, 2.75) is 26.7 Å². The van der Waals surface area contributed by atoms with E-state index in [0.29, 0.717) is 17.9 Å². The van der Waals surface area contributed by atoms with E-state index >= 15 is 0 Å². The van der Waals surface area contributed by atoms with Gasteiger partial charge in [0, 0.05) is 18.2 Å². The van der Waals surface area contributed by atoms with Crippen LogP contribution in [-0.2, 0) is 11.2 Å². The van der Waals surface area contributed by atoms with Crippen LogP contribution in [0.3, 0.4) is 0 Å². The minimum Gasteiger partial charge on any atom is -0.455 e. The molecule has 0 aromatic heterocycles. The van der Waals surface area contributed by atoms with Gasteiger partial charge < -0.3 is 15.8 Å². The first-order chi connectivity index (χ1) is 10.0. The maximum Gasteiger partial charge on any atom is 0.224 e. The van der Waals surface area contributed by atoms with Gasteiger partial charge in [0.2, 0.25) is 5.91 Å². The number of hydrogen-bond acceptors (Lipinski definition) is 3. The first-order valence-corrected chi connectivity index (χ1v) is 7.00. The average molecular weight is 282 g/mol. The Morgan fingerprint density at radius 1 is 1.10 bits per heavy atom. The summed E-state index contributed by atoms with van der Waals surface area (Å²) < 4.78 is 5.95. The second kappa shape index (κ2) is 5.13. The molecule has 4 nitrogen and oxygen atoms in total. The predicted octanol–water partition coefficient (Wildman–Crippen LogP) is 3.56. The SMILES string of the molecule is Cc1ccc(C)c(Oc2cc3c(cc2N)CCC(=O)N3)c1. The highest BCUT2D eigenvalue weighted by atomic mass is 16.5. The summed E-state index contributed by atoms with van der Waals surface area (Å²) in [6, 6.07) is 9.73. The summed E-state index contributed by atoms with van der Waals surface area (Å²) in [6.07, 6.45) is 1.22. The van der Waals surface area contributed by atoms with Crippen molar-refractivity contribution in [3.05, 3.63) is 47.0 Å². The minimum absolute atomic E-state index is 0.0324. The molecule has 0 bridgehead atoms. The molecule has 1 heterocycles. The van der Waals surface area contributed by atoms with E-state index in [1.165, 1.54) is 0 Å². The Hall–Kier alpha value is -2.49. The van der Waals surface area contributed by atoms with E-state index in [1.807, 2.05) is 44.2 Å². The van der Waals surface area contributed by atoms with Crippen molar-refractivity contribution < 1.29 is 9.53 Å². The summed E-state index contributed by atoms with van der Waals surface area (Å²) in [5.74, 6) is 1.39. The fraction of sp³-hybridized carbons (Fsp3) is 0.235. The Bertz CT molecular complexity index is 723. The van der Waals surface area contributed by atoms with Crippen LogP contribution in [0.4, 0.5) is 11.4 Å². The van der Waals surface area contributed by atoms with Gasteiger partial charge in [-0.2, -0.15) is 0 Å². The van der Waals surface area contributed by atoms with Gasteiger partial charge >= 0.3 is 0 Å². The third-order valence-corrected chi connectivity index (χ3v) is 3.69. The van der Waals surface area contributed by atoms with Gasteiger partial charge in [-0.15, -0.1) is 0 Å². The molecule has 2 aromatic rings. The maximum atomic E-state index is 11.5. The molecule has 0 radical (unpaired) electrons. The van der Waals surface area contributed by atoms with Crippen molar-refractivity contribution in [3.8, 4) is 11.5 Å². The van der Waals surface area contributed by atoms with E-state index in [1.54, 1.807) is 0 Å². The standard InChI is InChI=1S/C17H18N2O2/c1-10-3-4-11(2)15(7-10)21-16-9-14-12(8-13(16)18)5-6-17(20)19-14/h3-4,7-9H,5-6,18H2,1-2H3,(H,19,20). The summed E-state index contributed by atoms with van der Waals surface area (Å²) in [7, 11) is 0. The number of ether oxygens (including phenoxy) is 1. The van der Waals surface area contributed by atoms with Crippen LogP contribution in [0.25, 0.3) is 0 Å². The molecule has 3 N–H and O–H groups in total. The van der Waals surface area contributed by atoms with Gasteiger partial charge in [0.15, 0.2) is 5.75 Å². The van der Waals surface area contributed by atoms with Crippen molar-refractivity contribution >= 4 is 17.3 Å².